The second-order valence-electron chi connectivity index (χ2n) is 6.80. The highest BCUT2D eigenvalue weighted by Gasteiger charge is 2.24. The Kier molecular flexibility index (Phi) is 4.25. The lowest BCUT2D eigenvalue weighted by Crippen LogP contribution is -2.30. The van der Waals surface area contributed by atoms with Gasteiger partial charge in [-0.2, -0.15) is 0 Å². The molecule has 0 spiro atoms. The van der Waals surface area contributed by atoms with Crippen LogP contribution in [0.25, 0.3) is 42.4 Å². The van der Waals surface area contributed by atoms with Crippen molar-refractivity contribution in [2.45, 2.75) is 0 Å². The molecule has 0 radical (unpaired) electrons. The van der Waals surface area contributed by atoms with Gasteiger partial charge in [0.25, 0.3) is 0 Å². The van der Waals surface area contributed by atoms with Crippen LogP contribution in [0.5, 0.6) is 0 Å². The smallest absolute Gasteiger partial charge is 0.423 e. The van der Waals surface area contributed by atoms with Crippen molar-refractivity contribution >= 4 is 44.1 Å². The fourth-order valence-corrected chi connectivity index (χ4v) is 5.11. The molecule has 2 nitrogen and oxygen atoms in total. The van der Waals surface area contributed by atoms with Gasteiger partial charge >= 0.3 is 7.12 Å². The largest absolute Gasteiger partial charge is 0.489 e. The Hall–Kier alpha value is -2.92. The van der Waals surface area contributed by atoms with Crippen LogP contribution in [-0.4, -0.2) is 17.2 Å². The molecule has 5 aromatic rings. The van der Waals surface area contributed by atoms with Gasteiger partial charge in [-0.1, -0.05) is 84.9 Å². The molecule has 0 aliphatic rings. The summed E-state index contributed by atoms with van der Waals surface area (Å²) in [4.78, 5) is 0. The zero-order valence-corrected chi connectivity index (χ0v) is 15.9. The Morgan fingerprint density at radius 2 is 1.29 bits per heavy atom. The third kappa shape index (κ3) is 2.74. The first-order chi connectivity index (χ1) is 13.7. The SMILES string of the molecule is OB(O)c1cc(-c2ccccc2)c(-c2ccccc2)c2c1sc1ccccc12. The average molecular weight is 380 g/mol. The predicted octanol–water partition coefficient (Wildman–Crippen LogP) is 5.07. The minimum atomic E-state index is -1.53. The molecule has 0 saturated heterocycles. The molecule has 4 heteroatoms. The van der Waals surface area contributed by atoms with E-state index in [1.165, 1.54) is 0 Å². The maximum atomic E-state index is 10.1. The molecule has 0 aliphatic carbocycles. The Bertz CT molecular complexity index is 1280. The Morgan fingerprint density at radius 1 is 0.679 bits per heavy atom. The van der Waals surface area contributed by atoms with E-state index in [4.69, 9.17) is 0 Å². The normalized spacial score (nSPS) is 11.2. The molecule has 2 N–H and O–H groups in total. The lowest BCUT2D eigenvalue weighted by Gasteiger charge is -2.16. The maximum Gasteiger partial charge on any atom is 0.489 e. The molecule has 0 bridgehead atoms. The monoisotopic (exact) mass is 380 g/mol. The first-order valence-corrected chi connectivity index (χ1v) is 10.0. The summed E-state index contributed by atoms with van der Waals surface area (Å²) in [7, 11) is -1.53. The summed E-state index contributed by atoms with van der Waals surface area (Å²) in [6.07, 6.45) is 0. The Labute approximate surface area is 167 Å². The first kappa shape index (κ1) is 17.2. The molecule has 4 aromatic carbocycles. The molecule has 134 valence electrons. The molecule has 0 aliphatic heterocycles. The summed E-state index contributed by atoms with van der Waals surface area (Å²) >= 11 is 1.61. The van der Waals surface area contributed by atoms with Gasteiger partial charge in [-0.15, -0.1) is 11.3 Å². The van der Waals surface area contributed by atoms with Crippen molar-refractivity contribution in [3.8, 4) is 22.3 Å². The van der Waals surface area contributed by atoms with E-state index in [0.717, 1.165) is 42.4 Å². The van der Waals surface area contributed by atoms with Gasteiger partial charge in [0.15, 0.2) is 0 Å². The minimum absolute atomic E-state index is 0.551. The van der Waals surface area contributed by atoms with Crippen molar-refractivity contribution in [1.29, 1.82) is 0 Å². The van der Waals surface area contributed by atoms with E-state index in [-0.39, 0.29) is 0 Å². The summed E-state index contributed by atoms with van der Waals surface area (Å²) in [5.74, 6) is 0. The van der Waals surface area contributed by atoms with Crippen molar-refractivity contribution in [1.82, 2.24) is 0 Å². The highest BCUT2D eigenvalue weighted by molar-refractivity contribution is 7.27. The van der Waals surface area contributed by atoms with Crippen molar-refractivity contribution < 1.29 is 10.0 Å². The van der Waals surface area contributed by atoms with Crippen molar-refractivity contribution in [3.05, 3.63) is 91.0 Å². The van der Waals surface area contributed by atoms with Crippen LogP contribution >= 0.6 is 11.3 Å². The van der Waals surface area contributed by atoms with Crippen LogP contribution in [0.4, 0.5) is 0 Å². The zero-order chi connectivity index (χ0) is 19.1. The molecule has 0 fully saturated rings. The highest BCUT2D eigenvalue weighted by Crippen LogP contribution is 2.44. The van der Waals surface area contributed by atoms with Gasteiger partial charge in [0, 0.05) is 25.6 Å². The summed E-state index contributed by atoms with van der Waals surface area (Å²) in [5, 5.41) is 22.5. The van der Waals surface area contributed by atoms with E-state index >= 15 is 0 Å². The maximum absolute atomic E-state index is 10.1. The average Bonchev–Trinajstić information content (AvgIpc) is 3.13. The molecule has 1 heterocycles. The summed E-state index contributed by atoms with van der Waals surface area (Å²) in [5.41, 5.74) is 4.86. The van der Waals surface area contributed by atoms with E-state index < -0.39 is 7.12 Å². The molecule has 5 rings (SSSR count). The van der Waals surface area contributed by atoms with Gasteiger partial charge in [-0.25, -0.2) is 0 Å². The summed E-state index contributed by atoms with van der Waals surface area (Å²) in [6.45, 7) is 0. The van der Waals surface area contributed by atoms with Crippen molar-refractivity contribution in [2.75, 3.05) is 0 Å². The number of hydrogen-bond acceptors (Lipinski definition) is 3. The van der Waals surface area contributed by atoms with Crippen LogP contribution in [-0.2, 0) is 0 Å². The zero-order valence-electron chi connectivity index (χ0n) is 15.0. The van der Waals surface area contributed by atoms with Crippen LogP contribution in [0.15, 0.2) is 91.0 Å². The minimum Gasteiger partial charge on any atom is -0.423 e. The van der Waals surface area contributed by atoms with Crippen molar-refractivity contribution in [2.24, 2.45) is 0 Å². The van der Waals surface area contributed by atoms with Crippen LogP contribution in [0.1, 0.15) is 0 Å². The van der Waals surface area contributed by atoms with Gasteiger partial charge in [0.2, 0.25) is 0 Å². The Morgan fingerprint density at radius 3 is 1.96 bits per heavy atom. The highest BCUT2D eigenvalue weighted by atomic mass is 32.1. The molecule has 0 saturated carbocycles. The second-order valence-corrected chi connectivity index (χ2v) is 7.85. The van der Waals surface area contributed by atoms with Crippen LogP contribution in [0, 0.1) is 0 Å². The topological polar surface area (TPSA) is 40.5 Å². The molecule has 0 amide bonds. The number of benzene rings is 4. The van der Waals surface area contributed by atoms with E-state index in [0.29, 0.717) is 5.46 Å². The second kappa shape index (κ2) is 6.91. The number of fused-ring (bicyclic) bond motifs is 3. The fraction of sp³-hybridized carbons (Fsp3) is 0. The fourth-order valence-electron chi connectivity index (χ4n) is 3.87. The molecule has 0 unspecified atom stereocenters. The number of thiophene rings is 1. The molecular weight excluding hydrogens is 363 g/mol. The lowest BCUT2D eigenvalue weighted by molar-refractivity contribution is 0.426. The quantitative estimate of drug-likeness (QED) is 0.429. The first-order valence-electron chi connectivity index (χ1n) is 9.19. The summed E-state index contributed by atoms with van der Waals surface area (Å²) in [6, 6.07) is 30.7. The number of hydrogen-bond donors (Lipinski definition) is 2. The van der Waals surface area contributed by atoms with Crippen molar-refractivity contribution in [3.63, 3.8) is 0 Å². The lowest BCUT2D eigenvalue weighted by atomic mass is 9.76. The standard InChI is InChI=1S/C24H17BO2S/c26-25(27)20-15-19(16-9-3-1-4-10-16)22(17-11-5-2-6-12-17)23-18-13-7-8-14-21(18)28-24(20)23/h1-15,26-27H. The predicted molar refractivity (Wildman–Crippen MR) is 120 cm³/mol. The van der Waals surface area contributed by atoms with Gasteiger partial charge in [0.1, 0.15) is 0 Å². The van der Waals surface area contributed by atoms with Crippen LogP contribution < -0.4 is 5.46 Å². The van der Waals surface area contributed by atoms with E-state index in [2.05, 4.69) is 36.4 Å². The van der Waals surface area contributed by atoms with Gasteiger partial charge < -0.3 is 10.0 Å². The number of rotatable bonds is 3. The molecular formula is C24H17BO2S. The van der Waals surface area contributed by atoms with Crippen LogP contribution in [0.2, 0.25) is 0 Å². The molecule has 0 atom stereocenters. The third-order valence-corrected chi connectivity index (χ3v) is 6.32. The molecule has 28 heavy (non-hydrogen) atoms. The van der Waals surface area contributed by atoms with E-state index in [1.807, 2.05) is 54.6 Å². The third-order valence-electron chi connectivity index (χ3n) is 5.10. The Balaban J connectivity index is 2.02. The van der Waals surface area contributed by atoms with Gasteiger partial charge in [-0.05, 0) is 28.3 Å². The van der Waals surface area contributed by atoms with Crippen LogP contribution in [0.3, 0.4) is 0 Å². The van der Waals surface area contributed by atoms with E-state index in [1.54, 1.807) is 11.3 Å². The summed E-state index contributed by atoms with van der Waals surface area (Å²) < 4.78 is 2.07. The van der Waals surface area contributed by atoms with E-state index in [9.17, 15) is 10.0 Å². The van der Waals surface area contributed by atoms with Gasteiger partial charge in [0.05, 0.1) is 0 Å². The van der Waals surface area contributed by atoms with Gasteiger partial charge in [-0.3, -0.25) is 0 Å². The molecule has 1 aromatic heterocycles.